The van der Waals surface area contributed by atoms with E-state index in [4.69, 9.17) is 4.74 Å². The molecule has 1 aromatic heterocycles. The molecule has 0 aliphatic heterocycles. The minimum absolute atomic E-state index is 0.811. The summed E-state index contributed by atoms with van der Waals surface area (Å²) in [5.74, 6) is 0. The zero-order valence-electron chi connectivity index (χ0n) is 9.58. The summed E-state index contributed by atoms with van der Waals surface area (Å²) in [6.07, 6.45) is 2.10. The maximum Gasteiger partial charge on any atom is 0.0926 e. The molecular formula is C11H20N2OS. The van der Waals surface area contributed by atoms with E-state index in [1.165, 1.54) is 5.01 Å². The lowest BCUT2D eigenvalue weighted by Crippen LogP contribution is -2.16. The lowest BCUT2D eigenvalue weighted by Gasteiger charge is -2.02. The van der Waals surface area contributed by atoms with Crippen molar-refractivity contribution in [1.82, 2.24) is 10.3 Å². The van der Waals surface area contributed by atoms with Crippen molar-refractivity contribution in [2.24, 2.45) is 0 Å². The third-order valence-corrected chi connectivity index (χ3v) is 3.10. The summed E-state index contributed by atoms with van der Waals surface area (Å²) < 4.78 is 5.25. The average molecular weight is 228 g/mol. The van der Waals surface area contributed by atoms with Gasteiger partial charge in [-0.25, -0.2) is 4.98 Å². The van der Waals surface area contributed by atoms with Crippen LogP contribution >= 0.6 is 11.3 Å². The number of aryl methyl sites for hydroxylation is 1. The van der Waals surface area contributed by atoms with Gasteiger partial charge in [-0.3, -0.25) is 0 Å². The van der Waals surface area contributed by atoms with Crippen LogP contribution in [0.3, 0.4) is 0 Å². The topological polar surface area (TPSA) is 34.1 Å². The predicted molar refractivity (Wildman–Crippen MR) is 64.3 cm³/mol. The first-order chi connectivity index (χ1) is 7.36. The van der Waals surface area contributed by atoms with Gasteiger partial charge in [0.2, 0.25) is 0 Å². The van der Waals surface area contributed by atoms with E-state index >= 15 is 0 Å². The molecule has 4 heteroatoms. The maximum absolute atomic E-state index is 5.25. The SMILES string of the molecule is CCOCCCNCc1csc(CC)n1. The minimum atomic E-state index is 0.811. The lowest BCUT2D eigenvalue weighted by molar-refractivity contribution is 0.144. The van der Waals surface area contributed by atoms with Crippen LogP contribution in [-0.2, 0) is 17.7 Å². The lowest BCUT2D eigenvalue weighted by atomic mass is 10.4. The highest BCUT2D eigenvalue weighted by Gasteiger charge is 1.98. The van der Waals surface area contributed by atoms with Gasteiger partial charge in [0.05, 0.1) is 10.7 Å². The molecule has 0 aromatic carbocycles. The Hall–Kier alpha value is -0.450. The molecule has 0 bridgehead atoms. The molecule has 1 heterocycles. The van der Waals surface area contributed by atoms with Crippen LogP contribution in [0, 0.1) is 0 Å². The highest BCUT2D eigenvalue weighted by molar-refractivity contribution is 7.09. The van der Waals surface area contributed by atoms with Crippen LogP contribution in [0.2, 0.25) is 0 Å². The van der Waals surface area contributed by atoms with Crippen molar-refractivity contribution in [3.63, 3.8) is 0 Å². The Morgan fingerprint density at radius 1 is 1.47 bits per heavy atom. The molecule has 0 fully saturated rings. The van der Waals surface area contributed by atoms with Gasteiger partial charge in [-0.2, -0.15) is 0 Å². The van der Waals surface area contributed by atoms with E-state index in [0.717, 1.165) is 44.8 Å². The summed E-state index contributed by atoms with van der Waals surface area (Å²) in [6.45, 7) is 7.70. The summed E-state index contributed by atoms with van der Waals surface area (Å²) in [5, 5.41) is 6.72. The van der Waals surface area contributed by atoms with Crippen molar-refractivity contribution in [2.75, 3.05) is 19.8 Å². The monoisotopic (exact) mass is 228 g/mol. The molecule has 86 valence electrons. The first kappa shape index (κ1) is 12.6. The van der Waals surface area contributed by atoms with Crippen molar-refractivity contribution >= 4 is 11.3 Å². The van der Waals surface area contributed by atoms with Gasteiger partial charge < -0.3 is 10.1 Å². The van der Waals surface area contributed by atoms with Crippen LogP contribution in [0.15, 0.2) is 5.38 Å². The Labute approximate surface area is 95.9 Å². The number of hydrogen-bond donors (Lipinski definition) is 1. The van der Waals surface area contributed by atoms with Gasteiger partial charge in [-0.15, -0.1) is 11.3 Å². The molecule has 0 aliphatic rings. The molecule has 3 nitrogen and oxygen atoms in total. The Kier molecular flexibility index (Phi) is 6.55. The molecule has 0 amide bonds. The summed E-state index contributed by atoms with van der Waals surface area (Å²) in [4.78, 5) is 4.49. The number of nitrogens with zero attached hydrogens (tertiary/aromatic N) is 1. The number of nitrogens with one attached hydrogen (secondary N) is 1. The third kappa shape index (κ3) is 5.25. The molecule has 0 unspecified atom stereocenters. The van der Waals surface area contributed by atoms with Crippen LogP contribution in [0.4, 0.5) is 0 Å². The van der Waals surface area contributed by atoms with E-state index in [-0.39, 0.29) is 0 Å². The molecule has 1 N–H and O–H groups in total. The number of hydrogen-bond acceptors (Lipinski definition) is 4. The van der Waals surface area contributed by atoms with Crippen molar-refractivity contribution in [2.45, 2.75) is 33.2 Å². The Morgan fingerprint density at radius 3 is 3.00 bits per heavy atom. The third-order valence-electron chi connectivity index (χ3n) is 2.05. The second-order valence-electron chi connectivity index (χ2n) is 3.31. The molecule has 1 aromatic rings. The fourth-order valence-electron chi connectivity index (χ4n) is 1.25. The summed E-state index contributed by atoms with van der Waals surface area (Å²) in [7, 11) is 0. The predicted octanol–water partition coefficient (Wildman–Crippen LogP) is 2.22. The van der Waals surface area contributed by atoms with E-state index in [1.807, 2.05) is 6.92 Å². The van der Waals surface area contributed by atoms with Gasteiger partial charge in [-0.1, -0.05) is 6.92 Å². The molecule has 0 radical (unpaired) electrons. The standard InChI is InChI=1S/C11H20N2OS/c1-3-11-13-10(9-15-11)8-12-6-5-7-14-4-2/h9,12H,3-8H2,1-2H3. The number of ether oxygens (including phenoxy) is 1. The summed E-state index contributed by atoms with van der Waals surface area (Å²) >= 11 is 1.75. The highest BCUT2D eigenvalue weighted by Crippen LogP contribution is 2.09. The van der Waals surface area contributed by atoms with E-state index in [1.54, 1.807) is 11.3 Å². The molecule has 0 spiro atoms. The maximum atomic E-state index is 5.25. The van der Waals surface area contributed by atoms with Crippen molar-refractivity contribution in [3.8, 4) is 0 Å². The zero-order chi connectivity index (χ0) is 10.9. The van der Waals surface area contributed by atoms with Crippen molar-refractivity contribution < 1.29 is 4.74 Å². The normalized spacial score (nSPS) is 10.8. The first-order valence-electron chi connectivity index (χ1n) is 5.58. The summed E-state index contributed by atoms with van der Waals surface area (Å²) in [5.41, 5.74) is 1.16. The molecule has 0 aliphatic carbocycles. The van der Waals surface area contributed by atoms with Crippen LogP contribution in [0.25, 0.3) is 0 Å². The Bertz CT molecular complexity index is 263. The second-order valence-corrected chi connectivity index (χ2v) is 4.26. The van der Waals surface area contributed by atoms with Crippen LogP contribution in [-0.4, -0.2) is 24.7 Å². The van der Waals surface area contributed by atoms with E-state index in [9.17, 15) is 0 Å². The summed E-state index contributed by atoms with van der Waals surface area (Å²) in [6, 6.07) is 0. The molecule has 0 saturated heterocycles. The fraction of sp³-hybridized carbons (Fsp3) is 0.727. The first-order valence-corrected chi connectivity index (χ1v) is 6.46. The van der Waals surface area contributed by atoms with E-state index < -0.39 is 0 Å². The zero-order valence-corrected chi connectivity index (χ0v) is 10.4. The molecule has 0 atom stereocenters. The fourth-order valence-corrected chi connectivity index (χ4v) is 2.00. The highest BCUT2D eigenvalue weighted by atomic mass is 32.1. The number of thiazole rings is 1. The van der Waals surface area contributed by atoms with Gasteiger partial charge in [0, 0.05) is 25.1 Å². The van der Waals surface area contributed by atoms with Crippen molar-refractivity contribution in [1.29, 1.82) is 0 Å². The molecule has 0 saturated carbocycles. The minimum Gasteiger partial charge on any atom is -0.382 e. The molecule has 1 rings (SSSR count). The Morgan fingerprint density at radius 2 is 2.33 bits per heavy atom. The smallest absolute Gasteiger partial charge is 0.0926 e. The molecular weight excluding hydrogens is 208 g/mol. The number of aromatic nitrogens is 1. The van der Waals surface area contributed by atoms with Crippen LogP contribution in [0.5, 0.6) is 0 Å². The largest absolute Gasteiger partial charge is 0.382 e. The quantitative estimate of drug-likeness (QED) is 0.693. The van der Waals surface area contributed by atoms with Gasteiger partial charge in [-0.05, 0) is 26.3 Å². The van der Waals surface area contributed by atoms with Crippen molar-refractivity contribution in [3.05, 3.63) is 16.1 Å². The van der Waals surface area contributed by atoms with Crippen LogP contribution in [0.1, 0.15) is 31.0 Å². The van der Waals surface area contributed by atoms with Crippen LogP contribution < -0.4 is 5.32 Å². The van der Waals surface area contributed by atoms with E-state index in [2.05, 4.69) is 22.6 Å². The van der Waals surface area contributed by atoms with Gasteiger partial charge in [0.15, 0.2) is 0 Å². The van der Waals surface area contributed by atoms with Gasteiger partial charge >= 0.3 is 0 Å². The molecule has 15 heavy (non-hydrogen) atoms. The number of rotatable bonds is 8. The van der Waals surface area contributed by atoms with E-state index in [0.29, 0.717) is 0 Å². The van der Waals surface area contributed by atoms with Gasteiger partial charge in [0.1, 0.15) is 0 Å². The average Bonchev–Trinajstić information content (AvgIpc) is 2.71. The Balaban J connectivity index is 2.04. The second kappa shape index (κ2) is 7.79. The van der Waals surface area contributed by atoms with Gasteiger partial charge in [0.25, 0.3) is 0 Å².